The molecule has 0 unspecified atom stereocenters. The van der Waals surface area contributed by atoms with E-state index in [1.807, 2.05) is 24.3 Å². The highest BCUT2D eigenvalue weighted by molar-refractivity contribution is 6.33. The van der Waals surface area contributed by atoms with Crippen molar-refractivity contribution in [3.63, 3.8) is 0 Å². The molecule has 0 atom stereocenters. The largest absolute Gasteiger partial charge is 0.372 e. The predicted octanol–water partition coefficient (Wildman–Crippen LogP) is 5.93. The lowest BCUT2D eigenvalue weighted by Gasteiger charge is -2.32. The van der Waals surface area contributed by atoms with Gasteiger partial charge in [-0.2, -0.15) is 0 Å². The SMILES string of the molecule is Cc1onc(-c2c(F)cccc2Cl)c1C(=O)Nc1ccc(N2CCC(C)CC2)cc1. The minimum absolute atomic E-state index is 0.0517. The smallest absolute Gasteiger partial charge is 0.261 e. The Kier molecular flexibility index (Phi) is 5.77. The van der Waals surface area contributed by atoms with Crippen LogP contribution in [0, 0.1) is 18.7 Å². The second kappa shape index (κ2) is 8.48. The number of carbonyl (C=O) groups excluding carboxylic acids is 1. The fourth-order valence-electron chi connectivity index (χ4n) is 3.75. The quantitative estimate of drug-likeness (QED) is 0.560. The summed E-state index contributed by atoms with van der Waals surface area (Å²) in [4.78, 5) is 15.3. The van der Waals surface area contributed by atoms with Gasteiger partial charge in [-0.15, -0.1) is 0 Å². The molecule has 1 aromatic heterocycles. The van der Waals surface area contributed by atoms with Gasteiger partial charge in [-0.3, -0.25) is 4.79 Å². The normalized spacial score (nSPS) is 14.7. The zero-order chi connectivity index (χ0) is 21.3. The van der Waals surface area contributed by atoms with Crippen LogP contribution in [0.5, 0.6) is 0 Å². The molecule has 0 radical (unpaired) electrons. The average Bonchev–Trinajstić information content (AvgIpc) is 3.10. The molecule has 2 aromatic carbocycles. The summed E-state index contributed by atoms with van der Waals surface area (Å²) in [5.74, 6) is 0.0670. The molecule has 3 aromatic rings. The van der Waals surface area contributed by atoms with Crippen LogP contribution < -0.4 is 10.2 Å². The molecule has 0 bridgehead atoms. The lowest BCUT2D eigenvalue weighted by Crippen LogP contribution is -2.32. The van der Waals surface area contributed by atoms with Crippen LogP contribution >= 0.6 is 11.6 Å². The fraction of sp³-hybridized carbons (Fsp3) is 0.304. The van der Waals surface area contributed by atoms with Crippen LogP contribution in [-0.4, -0.2) is 24.2 Å². The van der Waals surface area contributed by atoms with Crippen molar-refractivity contribution >= 4 is 28.9 Å². The minimum atomic E-state index is -0.565. The molecule has 4 rings (SSSR count). The number of piperidine rings is 1. The first kappa shape index (κ1) is 20.4. The van der Waals surface area contributed by atoms with Gasteiger partial charge in [-0.05, 0) is 62.1 Å². The summed E-state index contributed by atoms with van der Waals surface area (Å²) in [6.45, 7) is 5.98. The Labute approximate surface area is 179 Å². The van der Waals surface area contributed by atoms with Crippen molar-refractivity contribution in [2.24, 2.45) is 5.92 Å². The number of aryl methyl sites for hydroxylation is 1. The van der Waals surface area contributed by atoms with E-state index in [0.717, 1.165) is 24.7 Å². The van der Waals surface area contributed by atoms with Crippen LogP contribution in [0.3, 0.4) is 0 Å². The second-order valence-electron chi connectivity index (χ2n) is 7.73. The first-order chi connectivity index (χ1) is 14.4. The number of carbonyl (C=O) groups is 1. The van der Waals surface area contributed by atoms with Crippen molar-refractivity contribution in [3.8, 4) is 11.3 Å². The highest BCUT2D eigenvalue weighted by Crippen LogP contribution is 2.34. The van der Waals surface area contributed by atoms with Crippen molar-refractivity contribution in [1.29, 1.82) is 0 Å². The maximum absolute atomic E-state index is 14.4. The number of benzene rings is 2. The van der Waals surface area contributed by atoms with Crippen LogP contribution in [0.15, 0.2) is 47.0 Å². The number of hydrogen-bond acceptors (Lipinski definition) is 4. The molecule has 156 valence electrons. The van der Waals surface area contributed by atoms with Gasteiger partial charge in [0.05, 0.1) is 10.6 Å². The Bertz CT molecular complexity index is 1040. The lowest BCUT2D eigenvalue weighted by atomic mass is 9.99. The average molecular weight is 428 g/mol. The lowest BCUT2D eigenvalue weighted by molar-refractivity contribution is 0.102. The molecular formula is C23H23ClFN3O2. The number of nitrogens with one attached hydrogen (secondary N) is 1. The number of aromatic nitrogens is 1. The van der Waals surface area contributed by atoms with Crippen LogP contribution in [0.2, 0.25) is 5.02 Å². The van der Waals surface area contributed by atoms with Gasteiger partial charge in [0, 0.05) is 24.5 Å². The van der Waals surface area contributed by atoms with E-state index in [1.165, 1.54) is 25.0 Å². The predicted molar refractivity (Wildman–Crippen MR) is 117 cm³/mol. The molecule has 0 saturated carbocycles. The van der Waals surface area contributed by atoms with E-state index in [1.54, 1.807) is 13.0 Å². The Morgan fingerprint density at radius 2 is 1.90 bits per heavy atom. The van der Waals surface area contributed by atoms with Crippen molar-refractivity contribution in [2.75, 3.05) is 23.3 Å². The van der Waals surface area contributed by atoms with E-state index in [9.17, 15) is 9.18 Å². The van der Waals surface area contributed by atoms with Crippen molar-refractivity contribution < 1.29 is 13.7 Å². The van der Waals surface area contributed by atoms with E-state index < -0.39 is 11.7 Å². The molecule has 0 aliphatic carbocycles. The highest BCUT2D eigenvalue weighted by Gasteiger charge is 2.25. The van der Waals surface area contributed by atoms with Gasteiger partial charge in [0.15, 0.2) is 0 Å². The molecule has 1 saturated heterocycles. The van der Waals surface area contributed by atoms with Gasteiger partial charge < -0.3 is 14.7 Å². The Hall–Kier alpha value is -2.86. The molecule has 1 amide bonds. The number of amides is 1. The third-order valence-corrected chi connectivity index (χ3v) is 5.88. The Morgan fingerprint density at radius 3 is 2.57 bits per heavy atom. The molecule has 5 nitrogen and oxygen atoms in total. The van der Waals surface area contributed by atoms with Crippen LogP contribution in [0.1, 0.15) is 35.9 Å². The first-order valence-electron chi connectivity index (χ1n) is 10.0. The number of nitrogens with zero attached hydrogens (tertiary/aromatic N) is 2. The summed E-state index contributed by atoms with van der Waals surface area (Å²) in [6.07, 6.45) is 2.37. The number of halogens is 2. The van der Waals surface area contributed by atoms with Crippen LogP contribution in [0.25, 0.3) is 11.3 Å². The zero-order valence-corrected chi connectivity index (χ0v) is 17.7. The Balaban J connectivity index is 1.54. The Morgan fingerprint density at radius 1 is 1.20 bits per heavy atom. The van der Waals surface area contributed by atoms with Crippen molar-refractivity contribution in [3.05, 3.63) is 64.6 Å². The van der Waals surface area contributed by atoms with Crippen molar-refractivity contribution in [1.82, 2.24) is 5.16 Å². The fourth-order valence-corrected chi connectivity index (χ4v) is 4.00. The van der Waals surface area contributed by atoms with Gasteiger partial charge in [0.1, 0.15) is 22.8 Å². The summed E-state index contributed by atoms with van der Waals surface area (Å²) < 4.78 is 19.5. The van der Waals surface area contributed by atoms with Crippen molar-refractivity contribution in [2.45, 2.75) is 26.7 Å². The van der Waals surface area contributed by atoms with Crippen LogP contribution in [-0.2, 0) is 0 Å². The van der Waals surface area contributed by atoms with Gasteiger partial charge in [-0.25, -0.2) is 4.39 Å². The molecule has 30 heavy (non-hydrogen) atoms. The van der Waals surface area contributed by atoms with E-state index >= 15 is 0 Å². The molecule has 1 aliphatic heterocycles. The summed E-state index contributed by atoms with van der Waals surface area (Å²) in [6, 6.07) is 12.0. The maximum Gasteiger partial charge on any atom is 0.261 e. The first-order valence-corrected chi connectivity index (χ1v) is 10.4. The minimum Gasteiger partial charge on any atom is -0.372 e. The van der Waals surface area contributed by atoms with Crippen LogP contribution in [0.4, 0.5) is 15.8 Å². The van der Waals surface area contributed by atoms with E-state index in [-0.39, 0.29) is 21.8 Å². The molecule has 1 aliphatic rings. The second-order valence-corrected chi connectivity index (χ2v) is 8.14. The third kappa shape index (κ3) is 4.05. The summed E-state index contributed by atoms with van der Waals surface area (Å²) in [7, 11) is 0. The van der Waals surface area contributed by atoms with Gasteiger partial charge in [0.2, 0.25) is 0 Å². The number of hydrogen-bond donors (Lipinski definition) is 1. The highest BCUT2D eigenvalue weighted by atomic mass is 35.5. The molecule has 0 spiro atoms. The van der Waals surface area contributed by atoms with E-state index in [0.29, 0.717) is 11.4 Å². The van der Waals surface area contributed by atoms with E-state index in [2.05, 4.69) is 22.3 Å². The van der Waals surface area contributed by atoms with Gasteiger partial charge in [-0.1, -0.05) is 29.7 Å². The van der Waals surface area contributed by atoms with Gasteiger partial charge >= 0.3 is 0 Å². The maximum atomic E-state index is 14.4. The molecule has 1 N–H and O–H groups in total. The molecule has 2 heterocycles. The summed E-state index contributed by atoms with van der Waals surface area (Å²) in [5, 5.41) is 6.90. The summed E-state index contributed by atoms with van der Waals surface area (Å²) in [5.41, 5.74) is 2.08. The molecular weight excluding hydrogens is 405 g/mol. The van der Waals surface area contributed by atoms with Gasteiger partial charge in [0.25, 0.3) is 5.91 Å². The van der Waals surface area contributed by atoms with E-state index in [4.69, 9.17) is 16.1 Å². The zero-order valence-electron chi connectivity index (χ0n) is 16.9. The molecule has 1 fully saturated rings. The number of rotatable bonds is 4. The summed E-state index contributed by atoms with van der Waals surface area (Å²) >= 11 is 6.15. The standard InChI is InChI=1S/C23H23ClFN3O2/c1-14-10-12-28(13-11-14)17-8-6-16(7-9-17)26-23(29)20-15(2)30-27-22(20)21-18(24)4-3-5-19(21)25/h3-9,14H,10-13H2,1-2H3,(H,26,29). The topological polar surface area (TPSA) is 58.4 Å². The monoisotopic (exact) mass is 427 g/mol. The number of anilines is 2. The molecule has 7 heteroatoms. The third-order valence-electron chi connectivity index (χ3n) is 5.56.